The van der Waals surface area contributed by atoms with Crippen molar-refractivity contribution in [1.29, 1.82) is 0 Å². The van der Waals surface area contributed by atoms with Crippen molar-refractivity contribution in [2.45, 2.75) is 70.6 Å². The summed E-state index contributed by atoms with van der Waals surface area (Å²) in [4.78, 5) is 0.370. The Labute approximate surface area is 142 Å². The maximum absolute atomic E-state index is 12.8. The molecule has 0 unspecified atom stereocenters. The first-order valence-corrected chi connectivity index (χ1v) is 10.2. The third kappa shape index (κ3) is 6.78. The standard InChI is InChI=1S/C19H31NO2S/c1-4-6-8-9-10-11-17-20(16-7-5-2)23(21,22)19-14-12-18(3)13-15-19/h11-15,17H,4-10,16H2,1-3H3/b17-11-. The first-order valence-electron chi connectivity index (χ1n) is 8.77. The molecule has 4 heteroatoms. The van der Waals surface area contributed by atoms with Crippen LogP contribution >= 0.6 is 0 Å². The van der Waals surface area contributed by atoms with Gasteiger partial charge in [0, 0.05) is 12.7 Å². The minimum absolute atomic E-state index is 0.370. The van der Waals surface area contributed by atoms with Crippen LogP contribution in [0.1, 0.15) is 64.4 Å². The Bertz CT molecular complexity index is 562. The number of unbranched alkanes of at least 4 members (excludes halogenated alkanes) is 5. The van der Waals surface area contributed by atoms with E-state index in [0.717, 1.165) is 31.2 Å². The maximum atomic E-state index is 12.8. The lowest BCUT2D eigenvalue weighted by Crippen LogP contribution is -2.27. The third-order valence-electron chi connectivity index (χ3n) is 3.86. The SMILES string of the molecule is CCCCCC/C=C\N(CCCC)S(=O)(=O)c1ccc(C)cc1. The molecular formula is C19H31NO2S. The van der Waals surface area contributed by atoms with Gasteiger partial charge in [-0.15, -0.1) is 0 Å². The van der Waals surface area contributed by atoms with E-state index >= 15 is 0 Å². The second-order valence-electron chi connectivity index (χ2n) is 6.02. The highest BCUT2D eigenvalue weighted by Crippen LogP contribution is 2.18. The molecule has 0 aliphatic carbocycles. The van der Waals surface area contributed by atoms with Crippen LogP contribution in [0.15, 0.2) is 41.4 Å². The minimum Gasteiger partial charge on any atom is -0.274 e. The average Bonchev–Trinajstić information content (AvgIpc) is 2.53. The van der Waals surface area contributed by atoms with Crippen LogP contribution in [0.25, 0.3) is 0 Å². The van der Waals surface area contributed by atoms with E-state index in [1.54, 1.807) is 18.3 Å². The molecule has 3 nitrogen and oxygen atoms in total. The molecule has 0 atom stereocenters. The van der Waals surface area contributed by atoms with E-state index in [9.17, 15) is 8.42 Å². The van der Waals surface area contributed by atoms with Crippen LogP contribution in [-0.4, -0.2) is 19.3 Å². The molecule has 0 radical (unpaired) electrons. The Morgan fingerprint density at radius 3 is 2.22 bits per heavy atom. The lowest BCUT2D eigenvalue weighted by atomic mass is 10.1. The van der Waals surface area contributed by atoms with Crippen molar-refractivity contribution in [3.05, 3.63) is 42.1 Å². The summed E-state index contributed by atoms with van der Waals surface area (Å²) >= 11 is 0. The Balaban J connectivity index is 2.78. The van der Waals surface area contributed by atoms with Crippen molar-refractivity contribution in [1.82, 2.24) is 4.31 Å². The van der Waals surface area contributed by atoms with Crippen LogP contribution in [0, 0.1) is 6.92 Å². The number of benzene rings is 1. The van der Waals surface area contributed by atoms with Gasteiger partial charge in [0.05, 0.1) is 4.90 Å². The van der Waals surface area contributed by atoms with Gasteiger partial charge in [0.2, 0.25) is 0 Å². The van der Waals surface area contributed by atoms with Crippen molar-refractivity contribution in [3.63, 3.8) is 0 Å². The summed E-state index contributed by atoms with van der Waals surface area (Å²) in [6.45, 7) is 6.77. The van der Waals surface area contributed by atoms with Crippen LogP contribution in [0.4, 0.5) is 0 Å². The number of sulfonamides is 1. The van der Waals surface area contributed by atoms with Crippen molar-refractivity contribution < 1.29 is 8.42 Å². The Morgan fingerprint density at radius 2 is 1.61 bits per heavy atom. The molecule has 130 valence electrons. The monoisotopic (exact) mass is 337 g/mol. The Morgan fingerprint density at radius 1 is 0.957 bits per heavy atom. The molecular weight excluding hydrogens is 306 g/mol. The van der Waals surface area contributed by atoms with Gasteiger partial charge < -0.3 is 0 Å². The van der Waals surface area contributed by atoms with E-state index in [1.807, 2.05) is 25.1 Å². The van der Waals surface area contributed by atoms with Crippen LogP contribution in [0.5, 0.6) is 0 Å². The molecule has 0 amide bonds. The largest absolute Gasteiger partial charge is 0.274 e. The molecule has 1 rings (SSSR count). The molecule has 0 aliphatic rings. The van der Waals surface area contributed by atoms with Gasteiger partial charge in [-0.05, 0) is 38.3 Å². The van der Waals surface area contributed by atoms with Crippen LogP contribution in [0.2, 0.25) is 0 Å². The molecule has 0 fully saturated rings. The molecule has 1 aromatic carbocycles. The van der Waals surface area contributed by atoms with E-state index < -0.39 is 10.0 Å². The number of rotatable bonds is 11. The summed E-state index contributed by atoms with van der Waals surface area (Å²) in [7, 11) is -3.44. The fourth-order valence-electron chi connectivity index (χ4n) is 2.32. The first kappa shape index (κ1) is 19.8. The van der Waals surface area contributed by atoms with Crippen LogP contribution < -0.4 is 0 Å². The third-order valence-corrected chi connectivity index (χ3v) is 5.65. The molecule has 0 aliphatic heterocycles. The lowest BCUT2D eigenvalue weighted by molar-refractivity contribution is 0.485. The zero-order valence-electron chi connectivity index (χ0n) is 14.8. The highest BCUT2D eigenvalue weighted by Gasteiger charge is 2.20. The van der Waals surface area contributed by atoms with E-state index in [4.69, 9.17) is 0 Å². The van der Waals surface area contributed by atoms with Crippen molar-refractivity contribution in [2.75, 3.05) is 6.54 Å². The van der Waals surface area contributed by atoms with Gasteiger partial charge in [-0.25, -0.2) is 8.42 Å². The van der Waals surface area contributed by atoms with Crippen molar-refractivity contribution in [2.24, 2.45) is 0 Å². The topological polar surface area (TPSA) is 37.4 Å². The summed E-state index contributed by atoms with van der Waals surface area (Å²) in [6, 6.07) is 7.08. The second kappa shape index (κ2) is 10.5. The molecule has 0 spiro atoms. The number of aryl methyl sites for hydroxylation is 1. The van der Waals surface area contributed by atoms with Crippen molar-refractivity contribution >= 4 is 10.0 Å². The normalized spacial score (nSPS) is 12.0. The Hall–Kier alpha value is -1.29. The summed E-state index contributed by atoms with van der Waals surface area (Å²) in [5.74, 6) is 0. The highest BCUT2D eigenvalue weighted by molar-refractivity contribution is 7.89. The number of allylic oxidation sites excluding steroid dienone is 1. The van der Waals surface area contributed by atoms with Gasteiger partial charge in [0.25, 0.3) is 10.0 Å². The molecule has 0 bridgehead atoms. The van der Waals surface area contributed by atoms with Gasteiger partial charge in [-0.1, -0.05) is 63.3 Å². The second-order valence-corrected chi connectivity index (χ2v) is 7.91. The predicted molar refractivity (Wildman–Crippen MR) is 97.9 cm³/mol. The highest BCUT2D eigenvalue weighted by atomic mass is 32.2. The van der Waals surface area contributed by atoms with E-state index in [2.05, 4.69) is 13.8 Å². The quantitative estimate of drug-likeness (QED) is 0.516. The number of nitrogens with zero attached hydrogens (tertiary/aromatic N) is 1. The van der Waals surface area contributed by atoms with Gasteiger partial charge in [-0.3, -0.25) is 4.31 Å². The van der Waals surface area contributed by atoms with E-state index in [1.165, 1.54) is 23.6 Å². The van der Waals surface area contributed by atoms with Crippen molar-refractivity contribution in [3.8, 4) is 0 Å². The lowest BCUT2D eigenvalue weighted by Gasteiger charge is -2.20. The number of hydrogen-bond donors (Lipinski definition) is 0. The maximum Gasteiger partial charge on any atom is 0.263 e. The zero-order valence-corrected chi connectivity index (χ0v) is 15.6. The molecule has 0 aromatic heterocycles. The Kier molecular flexibility index (Phi) is 9.00. The van der Waals surface area contributed by atoms with Gasteiger partial charge in [-0.2, -0.15) is 0 Å². The minimum atomic E-state index is -3.44. The summed E-state index contributed by atoms with van der Waals surface area (Å²) in [6.07, 6.45) is 11.3. The van der Waals surface area contributed by atoms with E-state index in [-0.39, 0.29) is 0 Å². The summed E-state index contributed by atoms with van der Waals surface area (Å²) < 4.78 is 27.1. The molecule has 0 N–H and O–H groups in total. The van der Waals surface area contributed by atoms with Crippen LogP contribution in [0.3, 0.4) is 0 Å². The fourth-order valence-corrected chi connectivity index (χ4v) is 3.68. The molecule has 0 heterocycles. The van der Waals surface area contributed by atoms with Crippen LogP contribution in [-0.2, 0) is 10.0 Å². The molecule has 0 saturated carbocycles. The molecule has 0 saturated heterocycles. The molecule has 23 heavy (non-hydrogen) atoms. The average molecular weight is 338 g/mol. The zero-order chi connectivity index (χ0) is 17.1. The van der Waals surface area contributed by atoms with E-state index in [0.29, 0.717) is 11.4 Å². The summed E-state index contributed by atoms with van der Waals surface area (Å²) in [5.41, 5.74) is 1.07. The predicted octanol–water partition coefficient (Wildman–Crippen LogP) is 5.27. The van der Waals surface area contributed by atoms with Gasteiger partial charge >= 0.3 is 0 Å². The van der Waals surface area contributed by atoms with Gasteiger partial charge in [0.15, 0.2) is 0 Å². The number of hydrogen-bond acceptors (Lipinski definition) is 2. The molecule has 1 aromatic rings. The fraction of sp³-hybridized carbons (Fsp3) is 0.579. The van der Waals surface area contributed by atoms with Gasteiger partial charge in [0.1, 0.15) is 0 Å². The smallest absolute Gasteiger partial charge is 0.263 e. The summed E-state index contributed by atoms with van der Waals surface area (Å²) in [5, 5.41) is 0. The first-order chi connectivity index (χ1) is 11.0.